The number of nitrogens with one attached hydrogen (secondary N) is 1. The number of carbonyl (C=O) groups excluding carboxylic acids is 1. The molecule has 1 aromatic heterocycles. The molecule has 6 heteroatoms. The molecular weight excluding hydrogens is 306 g/mol. The first-order valence-corrected chi connectivity index (χ1v) is 8.14. The number of ether oxygens (including phenoxy) is 1. The normalized spacial score (nSPS) is 12.2. The quantitative estimate of drug-likeness (QED) is 0.778. The van der Waals surface area contributed by atoms with Crippen molar-refractivity contribution in [3.05, 3.63) is 47.8 Å². The molecule has 1 heterocycles. The van der Waals surface area contributed by atoms with Crippen LogP contribution >= 0.6 is 0 Å². The first-order valence-electron chi connectivity index (χ1n) is 8.14. The van der Waals surface area contributed by atoms with E-state index >= 15 is 0 Å². The van der Waals surface area contributed by atoms with Gasteiger partial charge in [0.1, 0.15) is 5.75 Å². The van der Waals surface area contributed by atoms with Gasteiger partial charge < -0.3 is 15.2 Å². The van der Waals surface area contributed by atoms with E-state index in [1.807, 2.05) is 45.2 Å². The Balaban J connectivity index is 1.79. The summed E-state index contributed by atoms with van der Waals surface area (Å²) in [5.74, 6) is 0.596. The SMILES string of the molecule is Cc1cnn(CCC(=O)NCC(O)c2cccc(OC(C)C)c2)c1. The number of amides is 1. The molecular formula is C18H25N3O3. The van der Waals surface area contributed by atoms with E-state index in [0.717, 1.165) is 11.1 Å². The second-order valence-corrected chi connectivity index (χ2v) is 6.09. The molecule has 24 heavy (non-hydrogen) atoms. The van der Waals surface area contributed by atoms with Gasteiger partial charge in [0.25, 0.3) is 0 Å². The van der Waals surface area contributed by atoms with Crippen molar-refractivity contribution in [1.82, 2.24) is 15.1 Å². The molecule has 0 radical (unpaired) electrons. The van der Waals surface area contributed by atoms with Crippen LogP contribution in [0.2, 0.25) is 0 Å². The van der Waals surface area contributed by atoms with E-state index < -0.39 is 6.10 Å². The van der Waals surface area contributed by atoms with Crippen molar-refractivity contribution in [3.8, 4) is 5.75 Å². The summed E-state index contributed by atoms with van der Waals surface area (Å²) in [6, 6.07) is 7.29. The van der Waals surface area contributed by atoms with E-state index in [4.69, 9.17) is 4.74 Å². The molecule has 2 aromatic rings. The second-order valence-electron chi connectivity index (χ2n) is 6.09. The van der Waals surface area contributed by atoms with Crippen LogP contribution in [-0.2, 0) is 11.3 Å². The molecule has 1 aromatic carbocycles. The number of aliphatic hydroxyl groups excluding tert-OH is 1. The Morgan fingerprint density at radius 2 is 2.21 bits per heavy atom. The van der Waals surface area contributed by atoms with E-state index in [1.165, 1.54) is 0 Å². The fourth-order valence-electron chi connectivity index (χ4n) is 2.29. The number of aryl methyl sites for hydroxylation is 2. The zero-order valence-corrected chi connectivity index (χ0v) is 14.4. The summed E-state index contributed by atoms with van der Waals surface area (Å²) in [6.07, 6.45) is 3.28. The highest BCUT2D eigenvalue weighted by molar-refractivity contribution is 5.75. The number of hydrogen-bond donors (Lipinski definition) is 2. The van der Waals surface area contributed by atoms with Gasteiger partial charge in [-0.25, -0.2) is 0 Å². The Morgan fingerprint density at radius 3 is 2.88 bits per heavy atom. The van der Waals surface area contributed by atoms with Crippen molar-refractivity contribution >= 4 is 5.91 Å². The van der Waals surface area contributed by atoms with E-state index in [2.05, 4.69) is 10.4 Å². The number of carbonyl (C=O) groups is 1. The number of aliphatic hydroxyl groups is 1. The van der Waals surface area contributed by atoms with Crippen LogP contribution in [0, 0.1) is 6.92 Å². The number of nitrogens with zero attached hydrogens (tertiary/aromatic N) is 2. The Kier molecular flexibility index (Phi) is 6.37. The smallest absolute Gasteiger partial charge is 0.221 e. The average Bonchev–Trinajstić information content (AvgIpc) is 2.95. The highest BCUT2D eigenvalue weighted by Gasteiger charge is 2.11. The van der Waals surface area contributed by atoms with Crippen molar-refractivity contribution in [2.45, 2.75) is 45.9 Å². The lowest BCUT2D eigenvalue weighted by Gasteiger charge is -2.15. The molecule has 0 saturated heterocycles. The minimum Gasteiger partial charge on any atom is -0.491 e. The van der Waals surface area contributed by atoms with Crippen LogP contribution in [0.4, 0.5) is 0 Å². The van der Waals surface area contributed by atoms with Gasteiger partial charge in [-0.3, -0.25) is 9.48 Å². The minimum absolute atomic E-state index is 0.0722. The third kappa shape index (κ3) is 5.70. The summed E-state index contributed by atoms with van der Waals surface area (Å²) in [5, 5.41) is 17.1. The molecule has 2 rings (SSSR count). The van der Waals surface area contributed by atoms with Crippen molar-refractivity contribution in [2.24, 2.45) is 0 Å². The summed E-state index contributed by atoms with van der Waals surface area (Å²) < 4.78 is 7.35. The van der Waals surface area contributed by atoms with Crippen molar-refractivity contribution in [3.63, 3.8) is 0 Å². The monoisotopic (exact) mass is 331 g/mol. The van der Waals surface area contributed by atoms with Crippen molar-refractivity contribution < 1.29 is 14.6 Å². The zero-order valence-electron chi connectivity index (χ0n) is 14.4. The molecule has 6 nitrogen and oxygen atoms in total. The number of benzene rings is 1. The van der Waals surface area contributed by atoms with E-state index in [0.29, 0.717) is 18.7 Å². The highest BCUT2D eigenvalue weighted by Crippen LogP contribution is 2.19. The topological polar surface area (TPSA) is 76.4 Å². The highest BCUT2D eigenvalue weighted by atomic mass is 16.5. The first-order chi connectivity index (χ1) is 11.4. The van der Waals surface area contributed by atoms with Crippen LogP contribution in [0.3, 0.4) is 0 Å². The van der Waals surface area contributed by atoms with Gasteiger partial charge in [-0.05, 0) is 44.0 Å². The van der Waals surface area contributed by atoms with Gasteiger partial charge in [0.05, 0.1) is 18.4 Å². The van der Waals surface area contributed by atoms with Gasteiger partial charge >= 0.3 is 0 Å². The molecule has 130 valence electrons. The minimum atomic E-state index is -0.767. The van der Waals surface area contributed by atoms with Crippen molar-refractivity contribution in [2.75, 3.05) is 6.54 Å². The Bertz CT molecular complexity index is 667. The number of hydrogen-bond acceptors (Lipinski definition) is 4. The lowest BCUT2D eigenvalue weighted by atomic mass is 10.1. The largest absolute Gasteiger partial charge is 0.491 e. The maximum absolute atomic E-state index is 11.9. The lowest BCUT2D eigenvalue weighted by Crippen LogP contribution is -2.29. The molecule has 2 N–H and O–H groups in total. The fraction of sp³-hybridized carbons (Fsp3) is 0.444. The average molecular weight is 331 g/mol. The Hall–Kier alpha value is -2.34. The van der Waals surface area contributed by atoms with Crippen LogP contribution in [-0.4, -0.2) is 33.4 Å². The molecule has 1 amide bonds. The second kappa shape index (κ2) is 8.49. The number of rotatable bonds is 8. The first kappa shape index (κ1) is 18.0. The van der Waals surface area contributed by atoms with Gasteiger partial charge in [-0.15, -0.1) is 0 Å². The third-order valence-corrected chi connectivity index (χ3v) is 3.44. The molecule has 0 saturated carbocycles. The predicted molar refractivity (Wildman–Crippen MR) is 91.8 cm³/mol. The van der Waals surface area contributed by atoms with E-state index in [9.17, 15) is 9.90 Å². The summed E-state index contributed by atoms with van der Waals surface area (Å²) >= 11 is 0. The number of aromatic nitrogens is 2. The van der Waals surface area contributed by atoms with Crippen LogP contribution in [0.15, 0.2) is 36.7 Å². The van der Waals surface area contributed by atoms with Gasteiger partial charge in [0.2, 0.25) is 5.91 Å². The summed E-state index contributed by atoms with van der Waals surface area (Å²) in [7, 11) is 0. The van der Waals surface area contributed by atoms with Crippen LogP contribution in [0.5, 0.6) is 5.75 Å². The molecule has 1 unspecified atom stereocenters. The van der Waals surface area contributed by atoms with Crippen LogP contribution in [0.25, 0.3) is 0 Å². The standard InChI is InChI=1S/C18H25N3O3/c1-13(2)24-16-6-4-5-15(9-16)17(22)11-19-18(23)7-8-21-12-14(3)10-20-21/h4-6,9-10,12-13,17,22H,7-8,11H2,1-3H3,(H,19,23). The van der Waals surface area contributed by atoms with Gasteiger partial charge in [0.15, 0.2) is 0 Å². The summed E-state index contributed by atoms with van der Waals surface area (Å²) in [5.41, 5.74) is 1.78. The maximum atomic E-state index is 11.9. The van der Waals surface area contributed by atoms with Gasteiger partial charge in [-0.2, -0.15) is 5.10 Å². The zero-order chi connectivity index (χ0) is 17.5. The maximum Gasteiger partial charge on any atom is 0.221 e. The van der Waals surface area contributed by atoms with Crippen LogP contribution in [0.1, 0.15) is 37.5 Å². The molecule has 1 atom stereocenters. The Labute approximate surface area is 142 Å². The van der Waals surface area contributed by atoms with Gasteiger partial charge in [0, 0.05) is 25.7 Å². The molecule has 0 fully saturated rings. The molecule has 0 aliphatic rings. The molecule has 0 spiro atoms. The van der Waals surface area contributed by atoms with E-state index in [1.54, 1.807) is 16.9 Å². The van der Waals surface area contributed by atoms with Gasteiger partial charge in [-0.1, -0.05) is 12.1 Å². The summed E-state index contributed by atoms with van der Waals surface area (Å²) in [6.45, 7) is 6.54. The predicted octanol–water partition coefficient (Wildman–Crippen LogP) is 2.22. The summed E-state index contributed by atoms with van der Waals surface area (Å²) in [4.78, 5) is 11.9. The van der Waals surface area contributed by atoms with Crippen LogP contribution < -0.4 is 10.1 Å². The van der Waals surface area contributed by atoms with Crippen molar-refractivity contribution in [1.29, 1.82) is 0 Å². The molecule has 0 aliphatic carbocycles. The Morgan fingerprint density at radius 1 is 1.42 bits per heavy atom. The third-order valence-electron chi connectivity index (χ3n) is 3.44. The molecule has 0 bridgehead atoms. The lowest BCUT2D eigenvalue weighted by molar-refractivity contribution is -0.121. The molecule has 0 aliphatic heterocycles. The fourth-order valence-corrected chi connectivity index (χ4v) is 2.29. The van der Waals surface area contributed by atoms with E-state index in [-0.39, 0.29) is 18.6 Å².